The van der Waals surface area contributed by atoms with Gasteiger partial charge in [-0.25, -0.2) is 4.39 Å². The Kier molecular flexibility index (Phi) is 6.58. The van der Waals surface area contributed by atoms with Crippen molar-refractivity contribution in [2.75, 3.05) is 13.2 Å². The van der Waals surface area contributed by atoms with Crippen LogP contribution in [0.1, 0.15) is 43.1 Å². The van der Waals surface area contributed by atoms with Gasteiger partial charge in [-0.3, -0.25) is 14.5 Å². The van der Waals surface area contributed by atoms with Crippen LogP contribution in [0.15, 0.2) is 47.3 Å². The monoisotopic (exact) mass is 439 g/mol. The SMILES string of the molecule is C/C=C\c1ccc2n(c1=O)C[C@H]1[C@H](CO)[C@@H](C(=O)NCc3ccc(F)cc3)[C@@H]2N1CCC. The van der Waals surface area contributed by atoms with Crippen molar-refractivity contribution in [2.45, 2.75) is 45.4 Å². The predicted molar refractivity (Wildman–Crippen MR) is 121 cm³/mol. The molecule has 32 heavy (non-hydrogen) atoms. The summed E-state index contributed by atoms with van der Waals surface area (Å²) in [5.41, 5.74) is 2.19. The van der Waals surface area contributed by atoms with Crippen molar-refractivity contribution < 1.29 is 14.3 Å². The quantitative estimate of drug-likeness (QED) is 0.696. The van der Waals surface area contributed by atoms with Crippen molar-refractivity contribution in [1.82, 2.24) is 14.8 Å². The van der Waals surface area contributed by atoms with Crippen molar-refractivity contribution in [3.8, 4) is 0 Å². The fourth-order valence-electron chi connectivity index (χ4n) is 5.32. The van der Waals surface area contributed by atoms with Crippen molar-refractivity contribution in [1.29, 1.82) is 0 Å². The standard InChI is InChI=1S/C25H30FN3O3/c1-3-5-17-8-11-20-23-22(24(31)27-13-16-6-9-18(26)10-7-16)19(15-30)21(28(23)12-4-2)14-29(20)25(17)32/h3,5-11,19,21-23,30H,4,12-15H2,1-2H3,(H,27,31)/b5-3-/t19-,21-,22+,23+/m0/s1. The summed E-state index contributed by atoms with van der Waals surface area (Å²) >= 11 is 0. The first kappa shape index (κ1) is 22.4. The van der Waals surface area contributed by atoms with Crippen molar-refractivity contribution in [2.24, 2.45) is 11.8 Å². The number of aliphatic hydroxyl groups excluding tert-OH is 1. The zero-order valence-corrected chi connectivity index (χ0v) is 18.5. The van der Waals surface area contributed by atoms with Crippen LogP contribution in [0.5, 0.6) is 0 Å². The molecule has 1 aromatic heterocycles. The van der Waals surface area contributed by atoms with Crippen LogP contribution in [0.3, 0.4) is 0 Å². The Morgan fingerprint density at radius 2 is 2.00 bits per heavy atom. The van der Waals surface area contributed by atoms with E-state index in [1.807, 2.05) is 25.1 Å². The number of hydrogen-bond donors (Lipinski definition) is 2. The number of nitrogens with zero attached hydrogens (tertiary/aromatic N) is 2. The molecule has 2 aliphatic rings. The molecule has 1 aromatic carbocycles. The number of fused-ring (bicyclic) bond motifs is 4. The molecular weight excluding hydrogens is 409 g/mol. The Balaban J connectivity index is 1.68. The van der Waals surface area contributed by atoms with Gasteiger partial charge in [0.15, 0.2) is 0 Å². The van der Waals surface area contributed by atoms with Gasteiger partial charge >= 0.3 is 0 Å². The third-order valence-electron chi connectivity index (χ3n) is 6.71. The summed E-state index contributed by atoms with van der Waals surface area (Å²) in [6.07, 6.45) is 4.55. The van der Waals surface area contributed by atoms with Gasteiger partial charge in [-0.1, -0.05) is 31.2 Å². The number of amides is 1. The minimum Gasteiger partial charge on any atom is -0.396 e. The van der Waals surface area contributed by atoms with Gasteiger partial charge in [0.2, 0.25) is 5.91 Å². The second kappa shape index (κ2) is 9.38. The van der Waals surface area contributed by atoms with E-state index in [1.54, 1.807) is 22.8 Å². The van der Waals surface area contributed by atoms with Gasteiger partial charge in [-0.2, -0.15) is 0 Å². The zero-order valence-electron chi connectivity index (χ0n) is 18.5. The molecule has 3 heterocycles. The smallest absolute Gasteiger partial charge is 0.258 e. The van der Waals surface area contributed by atoms with E-state index in [4.69, 9.17) is 0 Å². The molecule has 1 saturated heterocycles. The summed E-state index contributed by atoms with van der Waals surface area (Å²) in [6.45, 7) is 5.38. The molecule has 2 bridgehead atoms. The number of carbonyl (C=O) groups is 1. The lowest BCUT2D eigenvalue weighted by molar-refractivity contribution is -0.127. The first-order chi connectivity index (χ1) is 15.5. The minimum atomic E-state index is -0.474. The molecule has 0 aliphatic carbocycles. The van der Waals surface area contributed by atoms with Gasteiger partial charge in [0.25, 0.3) is 5.56 Å². The maximum absolute atomic E-state index is 13.4. The molecule has 0 unspecified atom stereocenters. The number of aliphatic hydroxyl groups is 1. The Labute approximate surface area is 187 Å². The topological polar surface area (TPSA) is 74.6 Å². The Bertz CT molecular complexity index is 1060. The average Bonchev–Trinajstić information content (AvgIpc) is 3.00. The third-order valence-corrected chi connectivity index (χ3v) is 6.71. The molecule has 0 radical (unpaired) electrons. The number of rotatable bonds is 7. The van der Waals surface area contributed by atoms with E-state index >= 15 is 0 Å². The number of allylic oxidation sites excluding steroid dienone is 1. The van der Waals surface area contributed by atoms with E-state index in [1.165, 1.54) is 12.1 Å². The molecule has 4 rings (SSSR count). The summed E-state index contributed by atoms with van der Waals surface area (Å²) in [4.78, 5) is 28.8. The van der Waals surface area contributed by atoms with E-state index in [0.717, 1.165) is 24.2 Å². The molecule has 6 nitrogen and oxygen atoms in total. The third kappa shape index (κ3) is 3.91. The lowest BCUT2D eigenvalue weighted by atomic mass is 9.86. The number of nitrogens with one attached hydrogen (secondary N) is 1. The van der Waals surface area contributed by atoms with Crippen LogP contribution in [-0.2, 0) is 17.9 Å². The van der Waals surface area contributed by atoms with Crippen LogP contribution in [0.25, 0.3) is 6.08 Å². The lowest BCUT2D eigenvalue weighted by Gasteiger charge is -2.38. The molecule has 2 N–H and O–H groups in total. The van der Waals surface area contributed by atoms with Gasteiger partial charge in [0.1, 0.15) is 5.82 Å². The summed E-state index contributed by atoms with van der Waals surface area (Å²) < 4.78 is 15.0. The van der Waals surface area contributed by atoms with E-state index in [9.17, 15) is 19.1 Å². The van der Waals surface area contributed by atoms with Gasteiger partial charge in [0, 0.05) is 42.9 Å². The highest BCUT2D eigenvalue weighted by atomic mass is 19.1. The Morgan fingerprint density at radius 1 is 1.25 bits per heavy atom. The number of pyridine rings is 1. The van der Waals surface area contributed by atoms with E-state index in [-0.39, 0.29) is 48.4 Å². The Hall–Kier alpha value is -2.77. The maximum Gasteiger partial charge on any atom is 0.258 e. The molecule has 1 fully saturated rings. The van der Waals surface area contributed by atoms with Crippen molar-refractivity contribution >= 4 is 12.0 Å². The zero-order chi connectivity index (χ0) is 22.8. The fraction of sp³-hybridized carbons (Fsp3) is 0.440. The molecule has 0 spiro atoms. The molecule has 0 saturated carbocycles. The molecule has 4 atom stereocenters. The van der Waals surface area contributed by atoms with E-state index < -0.39 is 5.92 Å². The highest BCUT2D eigenvalue weighted by Crippen LogP contribution is 2.48. The van der Waals surface area contributed by atoms with Gasteiger partial charge in [-0.05, 0) is 49.7 Å². The van der Waals surface area contributed by atoms with Crippen LogP contribution < -0.4 is 10.9 Å². The van der Waals surface area contributed by atoms with Gasteiger partial charge in [0.05, 0.1) is 12.0 Å². The summed E-state index contributed by atoms with van der Waals surface area (Å²) in [5.74, 6) is -1.22. The highest BCUT2D eigenvalue weighted by Gasteiger charge is 2.55. The van der Waals surface area contributed by atoms with E-state index in [0.29, 0.717) is 12.1 Å². The van der Waals surface area contributed by atoms with Crippen LogP contribution in [0.2, 0.25) is 0 Å². The molecular formula is C25H30FN3O3. The number of carbonyl (C=O) groups excluding carboxylic acids is 1. The molecule has 170 valence electrons. The number of hydrogen-bond acceptors (Lipinski definition) is 4. The normalized spacial score (nSPS) is 24.6. The molecule has 2 aliphatic heterocycles. The largest absolute Gasteiger partial charge is 0.396 e. The maximum atomic E-state index is 13.4. The minimum absolute atomic E-state index is 0.0594. The summed E-state index contributed by atoms with van der Waals surface area (Å²) in [7, 11) is 0. The highest BCUT2D eigenvalue weighted by molar-refractivity contribution is 5.80. The number of benzene rings is 1. The van der Waals surface area contributed by atoms with Crippen LogP contribution in [0, 0.1) is 17.7 Å². The molecule has 1 amide bonds. The second-order valence-electron chi connectivity index (χ2n) is 8.60. The fourth-order valence-corrected chi connectivity index (χ4v) is 5.32. The first-order valence-electron chi connectivity index (χ1n) is 11.2. The van der Waals surface area contributed by atoms with Crippen molar-refractivity contribution in [3.05, 3.63) is 75.5 Å². The van der Waals surface area contributed by atoms with Gasteiger partial charge in [-0.15, -0.1) is 0 Å². The molecule has 2 aromatic rings. The summed E-state index contributed by atoms with van der Waals surface area (Å²) in [6, 6.07) is 9.44. The van der Waals surface area contributed by atoms with Crippen LogP contribution in [0.4, 0.5) is 4.39 Å². The predicted octanol–water partition coefficient (Wildman–Crippen LogP) is 2.71. The lowest BCUT2D eigenvalue weighted by Crippen LogP contribution is -2.47. The second-order valence-corrected chi connectivity index (χ2v) is 8.60. The number of halogens is 1. The van der Waals surface area contributed by atoms with E-state index in [2.05, 4.69) is 17.1 Å². The summed E-state index contributed by atoms with van der Waals surface area (Å²) in [5, 5.41) is 13.3. The molecule has 7 heteroatoms. The van der Waals surface area contributed by atoms with Crippen molar-refractivity contribution in [3.63, 3.8) is 0 Å². The number of aromatic nitrogens is 1. The average molecular weight is 440 g/mol. The van der Waals surface area contributed by atoms with Crippen LogP contribution in [-0.4, -0.2) is 39.7 Å². The Morgan fingerprint density at radius 3 is 2.66 bits per heavy atom. The van der Waals surface area contributed by atoms with Gasteiger partial charge < -0.3 is 15.0 Å². The van der Waals surface area contributed by atoms with Crippen LogP contribution >= 0.6 is 0 Å². The first-order valence-corrected chi connectivity index (χ1v) is 11.2.